The van der Waals surface area contributed by atoms with Gasteiger partial charge >= 0.3 is 6.03 Å². The number of methoxy groups -OCH3 is 2. The molecule has 2 aromatic rings. The summed E-state index contributed by atoms with van der Waals surface area (Å²) in [6.45, 7) is -0.368. The number of halogens is 2. The van der Waals surface area contributed by atoms with Crippen molar-refractivity contribution in [1.29, 1.82) is 0 Å². The second kappa shape index (κ2) is 10.8. The van der Waals surface area contributed by atoms with E-state index in [1.807, 2.05) is 0 Å². The van der Waals surface area contributed by atoms with E-state index < -0.39 is 35.6 Å². The monoisotopic (exact) mass is 508 g/mol. The Bertz CT molecular complexity index is 1090. The summed E-state index contributed by atoms with van der Waals surface area (Å²) in [6, 6.07) is 0.235. The molecule has 196 valence electrons. The lowest BCUT2D eigenvalue weighted by atomic mass is 10.1. The van der Waals surface area contributed by atoms with Crippen molar-refractivity contribution in [2.45, 2.75) is 50.5 Å². The van der Waals surface area contributed by atoms with Gasteiger partial charge in [-0.15, -0.1) is 0 Å². The number of fused-ring (bicyclic) bond motifs is 1. The van der Waals surface area contributed by atoms with E-state index in [9.17, 15) is 15.0 Å². The summed E-state index contributed by atoms with van der Waals surface area (Å²) in [5.41, 5.74) is 5.27. The Balaban J connectivity index is 1.74. The highest BCUT2D eigenvalue weighted by molar-refractivity contribution is 6.06. The number of ether oxygens (including phenoxy) is 2. The number of rotatable bonds is 9. The van der Waals surface area contributed by atoms with E-state index in [0.29, 0.717) is 24.2 Å². The van der Waals surface area contributed by atoms with Crippen molar-refractivity contribution in [3.8, 4) is 11.5 Å². The van der Waals surface area contributed by atoms with E-state index in [1.54, 1.807) is 0 Å². The summed E-state index contributed by atoms with van der Waals surface area (Å²) >= 11 is 0. The van der Waals surface area contributed by atoms with Crippen LogP contribution in [0.25, 0.3) is 0 Å². The topological polar surface area (TPSA) is 146 Å². The van der Waals surface area contributed by atoms with E-state index in [4.69, 9.17) is 15.2 Å². The number of nitrogens with one attached hydrogen (secondary N) is 1. The van der Waals surface area contributed by atoms with Crippen molar-refractivity contribution < 1.29 is 33.3 Å². The van der Waals surface area contributed by atoms with Gasteiger partial charge in [-0.1, -0.05) is 12.8 Å². The van der Waals surface area contributed by atoms with Gasteiger partial charge in [0.1, 0.15) is 11.5 Å². The van der Waals surface area contributed by atoms with Crippen LogP contribution in [0.15, 0.2) is 12.3 Å². The summed E-state index contributed by atoms with van der Waals surface area (Å²) in [4.78, 5) is 24.9. The average molecular weight is 509 g/mol. The smallest absolute Gasteiger partial charge is 0.330 e. The number of benzene rings is 1. The number of hydrogen-bond donors (Lipinski definition) is 4. The Morgan fingerprint density at radius 2 is 1.81 bits per heavy atom. The molecule has 2 unspecified atom stereocenters. The van der Waals surface area contributed by atoms with Crippen LogP contribution in [0.1, 0.15) is 31.2 Å². The Kier molecular flexibility index (Phi) is 7.71. The number of amides is 2. The molecule has 0 saturated heterocycles. The SMILES string of the molecule is COc1cc(OC)c(F)c(N2Cc3cnc(NCC(O)C(O)CN)nc3N(C3CCCC3)C2=O)c1F. The average Bonchev–Trinajstić information content (AvgIpc) is 3.41. The zero-order valence-electron chi connectivity index (χ0n) is 20.1. The zero-order valence-corrected chi connectivity index (χ0v) is 20.1. The Hall–Kier alpha value is -3.29. The van der Waals surface area contributed by atoms with Gasteiger partial charge in [-0.05, 0) is 12.8 Å². The van der Waals surface area contributed by atoms with Gasteiger partial charge in [-0.2, -0.15) is 4.98 Å². The number of urea groups is 1. The third kappa shape index (κ3) is 4.73. The van der Waals surface area contributed by atoms with E-state index in [1.165, 1.54) is 25.3 Å². The van der Waals surface area contributed by atoms with Crippen LogP contribution in [0.4, 0.5) is 31.0 Å². The number of carbonyl (C=O) groups is 1. The first-order valence-electron chi connectivity index (χ1n) is 11.7. The van der Waals surface area contributed by atoms with Crippen LogP contribution in [-0.2, 0) is 6.54 Å². The van der Waals surface area contributed by atoms with Crippen LogP contribution >= 0.6 is 0 Å². The molecule has 1 aliphatic heterocycles. The molecule has 1 saturated carbocycles. The van der Waals surface area contributed by atoms with Crippen LogP contribution in [0.2, 0.25) is 0 Å². The standard InChI is InChI=1S/C23H30F2N6O5/c1-35-16-7-17(36-2)19(25)20(18(16)24)30-11-12-9-27-22(28-10-15(33)14(32)8-26)29-21(12)31(23(30)34)13-5-3-4-6-13/h7,9,13-15,32-33H,3-6,8,10-11,26H2,1-2H3,(H,27,28,29). The largest absolute Gasteiger partial charge is 0.493 e. The van der Waals surface area contributed by atoms with E-state index in [0.717, 1.165) is 23.8 Å². The number of carbonyl (C=O) groups excluding carboxylic acids is 1. The van der Waals surface area contributed by atoms with Gasteiger partial charge in [0.25, 0.3) is 0 Å². The fourth-order valence-corrected chi connectivity index (χ4v) is 4.53. The van der Waals surface area contributed by atoms with Crippen molar-refractivity contribution in [2.75, 3.05) is 42.4 Å². The number of aliphatic hydroxyl groups excluding tert-OH is 2. The fourth-order valence-electron chi connectivity index (χ4n) is 4.53. The summed E-state index contributed by atoms with van der Waals surface area (Å²) < 4.78 is 40.7. The Morgan fingerprint density at radius 3 is 2.39 bits per heavy atom. The molecule has 0 spiro atoms. The Labute approximate surface area is 206 Å². The number of nitrogens with zero attached hydrogens (tertiary/aromatic N) is 4. The lowest BCUT2D eigenvalue weighted by molar-refractivity contribution is 0.0337. The van der Waals surface area contributed by atoms with E-state index in [2.05, 4.69) is 15.3 Å². The molecule has 13 heteroatoms. The zero-order chi connectivity index (χ0) is 26.0. The van der Waals surface area contributed by atoms with Gasteiger partial charge in [0.05, 0.1) is 33.0 Å². The highest BCUT2D eigenvalue weighted by atomic mass is 19.1. The molecule has 2 atom stereocenters. The number of nitrogens with two attached hydrogens (primary N) is 1. The maximum Gasteiger partial charge on any atom is 0.330 e. The molecule has 0 bridgehead atoms. The molecular weight excluding hydrogens is 478 g/mol. The van der Waals surface area contributed by atoms with Crippen molar-refractivity contribution in [2.24, 2.45) is 5.73 Å². The van der Waals surface area contributed by atoms with Crippen LogP contribution in [0.5, 0.6) is 11.5 Å². The molecular formula is C23H30F2N6O5. The molecule has 1 aromatic heterocycles. The second-order valence-electron chi connectivity index (χ2n) is 8.73. The van der Waals surface area contributed by atoms with E-state index in [-0.39, 0.29) is 43.1 Å². The summed E-state index contributed by atoms with van der Waals surface area (Å²) in [7, 11) is 2.48. The van der Waals surface area contributed by atoms with Gasteiger partial charge in [0, 0.05) is 37.0 Å². The van der Waals surface area contributed by atoms with Crippen LogP contribution in [0.3, 0.4) is 0 Å². The highest BCUT2D eigenvalue weighted by Gasteiger charge is 2.41. The molecule has 1 fully saturated rings. The lowest BCUT2D eigenvalue weighted by Crippen LogP contribution is -2.52. The molecule has 1 aromatic carbocycles. The molecule has 0 radical (unpaired) electrons. The van der Waals surface area contributed by atoms with Crippen molar-refractivity contribution in [3.63, 3.8) is 0 Å². The number of anilines is 3. The van der Waals surface area contributed by atoms with E-state index >= 15 is 8.78 Å². The van der Waals surface area contributed by atoms with Crippen LogP contribution in [0, 0.1) is 11.6 Å². The molecule has 4 rings (SSSR count). The first-order chi connectivity index (χ1) is 17.3. The van der Waals surface area contributed by atoms with Crippen molar-refractivity contribution in [3.05, 3.63) is 29.5 Å². The Morgan fingerprint density at radius 1 is 1.17 bits per heavy atom. The van der Waals surface area contributed by atoms with Gasteiger partial charge in [-0.3, -0.25) is 9.80 Å². The third-order valence-electron chi connectivity index (χ3n) is 6.50. The number of hydrogen-bond acceptors (Lipinski definition) is 9. The van der Waals surface area contributed by atoms with Crippen LogP contribution in [-0.4, -0.2) is 71.8 Å². The van der Waals surface area contributed by atoms with Gasteiger partial charge in [0.15, 0.2) is 23.1 Å². The lowest BCUT2D eigenvalue weighted by Gasteiger charge is -2.39. The molecule has 36 heavy (non-hydrogen) atoms. The van der Waals surface area contributed by atoms with Crippen LogP contribution < -0.4 is 30.3 Å². The summed E-state index contributed by atoms with van der Waals surface area (Å²) in [6.07, 6.45) is 2.42. The predicted octanol–water partition coefficient (Wildman–Crippen LogP) is 1.75. The van der Waals surface area contributed by atoms with Crippen molar-refractivity contribution in [1.82, 2.24) is 9.97 Å². The summed E-state index contributed by atoms with van der Waals surface area (Å²) in [5.74, 6) is -2.12. The molecule has 2 aliphatic rings. The molecule has 1 aliphatic carbocycles. The summed E-state index contributed by atoms with van der Waals surface area (Å²) in [5, 5.41) is 22.5. The predicted molar refractivity (Wildman–Crippen MR) is 127 cm³/mol. The quantitative estimate of drug-likeness (QED) is 0.398. The molecule has 2 heterocycles. The molecule has 5 N–H and O–H groups in total. The maximum absolute atomic E-state index is 15.3. The first kappa shape index (κ1) is 25.8. The molecule has 2 amide bonds. The minimum Gasteiger partial charge on any atom is -0.493 e. The highest BCUT2D eigenvalue weighted by Crippen LogP contribution is 2.42. The number of aliphatic hydroxyl groups is 2. The maximum atomic E-state index is 15.3. The van der Waals surface area contributed by atoms with Gasteiger partial charge in [0.2, 0.25) is 5.95 Å². The first-order valence-corrected chi connectivity index (χ1v) is 11.7. The minimum atomic E-state index is -1.15. The third-order valence-corrected chi connectivity index (χ3v) is 6.50. The normalized spacial score (nSPS) is 17.7. The number of aromatic nitrogens is 2. The molecule has 11 nitrogen and oxygen atoms in total. The van der Waals surface area contributed by atoms with Gasteiger partial charge < -0.3 is 30.7 Å². The van der Waals surface area contributed by atoms with Gasteiger partial charge in [-0.25, -0.2) is 18.6 Å². The second-order valence-corrected chi connectivity index (χ2v) is 8.73. The minimum absolute atomic E-state index is 0.0688. The van der Waals surface area contributed by atoms with Crippen molar-refractivity contribution >= 4 is 23.5 Å². The fraction of sp³-hybridized carbons (Fsp3) is 0.522.